The van der Waals surface area contributed by atoms with Crippen molar-refractivity contribution >= 4 is 38.1 Å². The van der Waals surface area contributed by atoms with Gasteiger partial charge in [-0.15, -0.1) is 10.2 Å². The van der Waals surface area contributed by atoms with E-state index in [0.29, 0.717) is 16.6 Å². The molecule has 0 amide bonds. The highest BCUT2D eigenvalue weighted by atomic mass is 32.2. The molecular weight excluding hydrogens is 256 g/mol. The number of aromatic nitrogens is 2. The van der Waals surface area contributed by atoms with Crippen LogP contribution in [0.5, 0.6) is 0 Å². The molecule has 6 nitrogen and oxygen atoms in total. The fourth-order valence-corrected chi connectivity index (χ4v) is 3.73. The van der Waals surface area contributed by atoms with Gasteiger partial charge in [-0.1, -0.05) is 11.3 Å². The Kier molecular flexibility index (Phi) is 4.77. The third kappa shape index (κ3) is 5.30. The second kappa shape index (κ2) is 5.64. The summed E-state index contributed by atoms with van der Waals surface area (Å²) in [6, 6.07) is 0. The molecule has 0 atom stereocenters. The van der Waals surface area contributed by atoms with Crippen LogP contribution in [0.3, 0.4) is 0 Å². The van der Waals surface area contributed by atoms with Gasteiger partial charge in [-0.05, 0) is 0 Å². The number of nitrogens with two attached hydrogens (primary N) is 1. The second-order valence-corrected chi connectivity index (χ2v) is 7.25. The summed E-state index contributed by atoms with van der Waals surface area (Å²) in [4.78, 5) is 0. The summed E-state index contributed by atoms with van der Waals surface area (Å²) < 4.78 is 21.7. The molecule has 0 aliphatic heterocycles. The van der Waals surface area contributed by atoms with Crippen LogP contribution < -0.4 is 11.3 Å². The molecule has 1 rings (SSSR count). The molecule has 3 N–H and O–H groups in total. The summed E-state index contributed by atoms with van der Waals surface area (Å²) >= 11 is 2.88. The van der Waals surface area contributed by atoms with Gasteiger partial charge >= 0.3 is 0 Å². The molecule has 0 fully saturated rings. The third-order valence-electron chi connectivity index (χ3n) is 1.41. The van der Waals surface area contributed by atoms with Crippen LogP contribution >= 0.6 is 23.1 Å². The highest BCUT2D eigenvalue weighted by Crippen LogP contribution is 2.19. The van der Waals surface area contributed by atoms with E-state index < -0.39 is 9.84 Å². The van der Waals surface area contributed by atoms with Gasteiger partial charge in [0.2, 0.25) is 5.13 Å². The van der Waals surface area contributed by atoms with Crippen molar-refractivity contribution in [3.05, 3.63) is 5.01 Å². The molecule has 1 aromatic heterocycles. The van der Waals surface area contributed by atoms with Crippen molar-refractivity contribution in [1.29, 1.82) is 0 Å². The van der Waals surface area contributed by atoms with Crippen molar-refractivity contribution in [2.24, 2.45) is 5.84 Å². The van der Waals surface area contributed by atoms with E-state index in [9.17, 15) is 8.42 Å². The summed E-state index contributed by atoms with van der Waals surface area (Å²) in [6.45, 7) is 0. The molecule has 15 heavy (non-hydrogen) atoms. The van der Waals surface area contributed by atoms with Gasteiger partial charge in [0, 0.05) is 17.8 Å². The van der Waals surface area contributed by atoms with Crippen molar-refractivity contribution in [2.75, 3.05) is 23.2 Å². The zero-order valence-corrected chi connectivity index (χ0v) is 10.6. The van der Waals surface area contributed by atoms with E-state index >= 15 is 0 Å². The number of hydrazine groups is 1. The Bertz CT molecular complexity index is 402. The monoisotopic (exact) mass is 268 g/mol. The Morgan fingerprint density at radius 3 is 2.80 bits per heavy atom. The molecule has 0 aliphatic rings. The Labute approximate surface area is 96.5 Å². The van der Waals surface area contributed by atoms with Gasteiger partial charge in [0.25, 0.3) is 0 Å². The third-order valence-corrected chi connectivity index (χ3v) is 4.63. The molecule has 0 unspecified atom stereocenters. The second-order valence-electron chi connectivity index (χ2n) is 2.83. The van der Waals surface area contributed by atoms with E-state index in [1.165, 1.54) is 29.4 Å². The van der Waals surface area contributed by atoms with E-state index in [2.05, 4.69) is 15.6 Å². The summed E-state index contributed by atoms with van der Waals surface area (Å²) in [7, 11) is -2.86. The minimum Gasteiger partial charge on any atom is -0.298 e. The van der Waals surface area contributed by atoms with Gasteiger partial charge < -0.3 is 0 Å². The average Bonchev–Trinajstić information content (AvgIpc) is 2.59. The van der Waals surface area contributed by atoms with Crippen LogP contribution in [0.1, 0.15) is 5.01 Å². The standard InChI is InChI=1S/C6H12N4O2S3/c1-15(11,12)3-2-13-4-5-9-10-6(8-7)14-5/h2-4,7H2,1H3,(H,8,10). The number of nitrogens with zero attached hydrogens (tertiary/aromatic N) is 2. The number of rotatable bonds is 6. The lowest BCUT2D eigenvalue weighted by Gasteiger charge is -1.96. The first-order chi connectivity index (χ1) is 7.01. The predicted octanol–water partition coefficient (Wildman–Crippen LogP) is 0.102. The number of hydrogen-bond donors (Lipinski definition) is 2. The zero-order valence-electron chi connectivity index (χ0n) is 8.13. The molecule has 9 heteroatoms. The predicted molar refractivity (Wildman–Crippen MR) is 63.6 cm³/mol. The molecule has 1 heterocycles. The maximum absolute atomic E-state index is 10.8. The lowest BCUT2D eigenvalue weighted by atomic mass is 10.8. The van der Waals surface area contributed by atoms with Gasteiger partial charge in [-0.25, -0.2) is 14.3 Å². The minimum atomic E-state index is -2.86. The topological polar surface area (TPSA) is 98.0 Å². The highest BCUT2D eigenvalue weighted by molar-refractivity contribution is 8.00. The molecule has 0 aromatic carbocycles. The first kappa shape index (κ1) is 12.7. The summed E-state index contributed by atoms with van der Waals surface area (Å²) in [5.41, 5.74) is 2.40. The molecule has 0 saturated carbocycles. The van der Waals surface area contributed by atoms with E-state index in [0.717, 1.165) is 5.01 Å². The van der Waals surface area contributed by atoms with Crippen molar-refractivity contribution in [2.45, 2.75) is 5.75 Å². The molecule has 0 saturated heterocycles. The lowest BCUT2D eigenvalue weighted by Crippen LogP contribution is -2.05. The number of nitrogen functional groups attached to an aromatic ring is 1. The molecule has 1 aromatic rings. The molecule has 86 valence electrons. The Hall–Kier alpha value is -0.380. The van der Waals surface area contributed by atoms with Crippen LogP contribution in [0.4, 0.5) is 5.13 Å². The molecule has 0 bridgehead atoms. The Morgan fingerprint density at radius 2 is 2.27 bits per heavy atom. The van der Waals surface area contributed by atoms with Crippen molar-refractivity contribution in [3.63, 3.8) is 0 Å². The molecular formula is C6H12N4O2S3. The summed E-state index contributed by atoms with van der Waals surface area (Å²) in [5.74, 6) is 6.57. The minimum absolute atomic E-state index is 0.193. The van der Waals surface area contributed by atoms with Gasteiger partial charge in [0.15, 0.2) is 0 Å². The first-order valence-electron chi connectivity index (χ1n) is 4.06. The summed E-state index contributed by atoms with van der Waals surface area (Å²) in [5, 5.41) is 9.04. The molecule has 0 spiro atoms. The lowest BCUT2D eigenvalue weighted by molar-refractivity contribution is 0.603. The fraction of sp³-hybridized carbons (Fsp3) is 0.667. The Morgan fingerprint density at radius 1 is 1.53 bits per heavy atom. The van der Waals surface area contributed by atoms with E-state index in [-0.39, 0.29) is 5.75 Å². The van der Waals surface area contributed by atoms with E-state index in [4.69, 9.17) is 5.84 Å². The smallest absolute Gasteiger partial charge is 0.219 e. The van der Waals surface area contributed by atoms with Crippen LogP contribution in [0, 0.1) is 0 Å². The van der Waals surface area contributed by atoms with Gasteiger partial charge in [0.1, 0.15) is 14.8 Å². The Balaban J connectivity index is 2.26. The first-order valence-corrected chi connectivity index (χ1v) is 8.09. The van der Waals surface area contributed by atoms with Gasteiger partial charge in [0.05, 0.1) is 5.75 Å². The van der Waals surface area contributed by atoms with Crippen LogP contribution in [0.25, 0.3) is 0 Å². The zero-order chi connectivity index (χ0) is 11.3. The normalized spacial score (nSPS) is 11.6. The number of thioether (sulfide) groups is 1. The van der Waals surface area contributed by atoms with Gasteiger partial charge in [-0.3, -0.25) is 5.43 Å². The van der Waals surface area contributed by atoms with Crippen LogP contribution in [-0.2, 0) is 15.6 Å². The maximum Gasteiger partial charge on any atom is 0.219 e. The van der Waals surface area contributed by atoms with E-state index in [1.54, 1.807) is 0 Å². The number of sulfone groups is 1. The number of anilines is 1. The maximum atomic E-state index is 10.8. The fourth-order valence-electron chi connectivity index (χ4n) is 0.740. The van der Waals surface area contributed by atoms with Crippen molar-refractivity contribution in [1.82, 2.24) is 10.2 Å². The number of hydrogen-bond acceptors (Lipinski definition) is 8. The highest BCUT2D eigenvalue weighted by Gasteiger charge is 2.05. The quantitative estimate of drug-likeness (QED) is 0.429. The largest absolute Gasteiger partial charge is 0.298 e. The summed E-state index contributed by atoms with van der Waals surface area (Å²) in [6.07, 6.45) is 1.23. The van der Waals surface area contributed by atoms with Crippen molar-refractivity contribution < 1.29 is 8.42 Å². The average molecular weight is 268 g/mol. The number of nitrogens with one attached hydrogen (secondary N) is 1. The van der Waals surface area contributed by atoms with Gasteiger partial charge in [-0.2, -0.15) is 11.8 Å². The van der Waals surface area contributed by atoms with Crippen LogP contribution in [-0.4, -0.2) is 36.4 Å². The van der Waals surface area contributed by atoms with Crippen LogP contribution in [0.2, 0.25) is 0 Å². The molecule has 0 aliphatic carbocycles. The SMILES string of the molecule is CS(=O)(=O)CCSCc1nnc(NN)s1. The van der Waals surface area contributed by atoms with Crippen molar-refractivity contribution in [3.8, 4) is 0 Å². The van der Waals surface area contributed by atoms with E-state index in [1.807, 2.05) is 0 Å². The molecule has 0 radical (unpaired) electrons. The van der Waals surface area contributed by atoms with Crippen LogP contribution in [0.15, 0.2) is 0 Å².